The number of ether oxygens (including phenoxy) is 1. The van der Waals surface area contributed by atoms with Gasteiger partial charge in [0.2, 0.25) is 11.8 Å². The van der Waals surface area contributed by atoms with Gasteiger partial charge in [-0.25, -0.2) is 4.79 Å². The normalized spacial score (nSPS) is 16.5. The number of nitrogens with zero attached hydrogens (tertiary/aromatic N) is 1. The zero-order valence-electron chi connectivity index (χ0n) is 13.9. The van der Waals surface area contributed by atoms with Gasteiger partial charge in [0.05, 0.1) is 18.7 Å². The second-order valence-electron chi connectivity index (χ2n) is 5.95. The number of carbonyl (C=O) groups excluding carboxylic acids is 2. The number of aliphatic carboxylic acids is 1. The number of nitrogens with one attached hydrogen (secondary N) is 1. The van der Waals surface area contributed by atoms with Crippen LogP contribution in [0.5, 0.6) is 5.75 Å². The van der Waals surface area contributed by atoms with Crippen LogP contribution in [-0.4, -0.2) is 40.9 Å². The van der Waals surface area contributed by atoms with Gasteiger partial charge in [-0.1, -0.05) is 0 Å². The summed E-state index contributed by atoms with van der Waals surface area (Å²) in [6.45, 7) is 0.262. The Labute approximate surface area is 149 Å². The number of furan rings is 1. The fraction of sp³-hybridized carbons (Fsp3) is 0.278. The van der Waals surface area contributed by atoms with E-state index in [0.29, 0.717) is 30.3 Å². The summed E-state index contributed by atoms with van der Waals surface area (Å²) in [5.41, 5.74) is 0.551. The molecule has 8 heteroatoms. The number of hydrogen-bond donors (Lipinski definition) is 2. The van der Waals surface area contributed by atoms with Gasteiger partial charge >= 0.3 is 5.97 Å². The van der Waals surface area contributed by atoms with Crippen molar-refractivity contribution in [2.45, 2.75) is 13.0 Å². The molecule has 2 heterocycles. The van der Waals surface area contributed by atoms with Crippen LogP contribution in [0.4, 0.5) is 5.69 Å². The Morgan fingerprint density at radius 2 is 2.04 bits per heavy atom. The smallest absolute Gasteiger partial charge is 0.341 e. The number of hydrogen-bond acceptors (Lipinski definition) is 5. The molecule has 2 aromatic rings. The van der Waals surface area contributed by atoms with Gasteiger partial charge in [-0.2, -0.15) is 0 Å². The van der Waals surface area contributed by atoms with E-state index in [1.165, 1.54) is 0 Å². The number of carboxylic acid groups (broad SMARTS) is 1. The third kappa shape index (κ3) is 4.41. The maximum atomic E-state index is 12.4. The van der Waals surface area contributed by atoms with E-state index in [4.69, 9.17) is 14.3 Å². The average molecular weight is 358 g/mol. The fourth-order valence-electron chi connectivity index (χ4n) is 2.72. The summed E-state index contributed by atoms with van der Waals surface area (Å²) in [5, 5.41) is 11.3. The summed E-state index contributed by atoms with van der Waals surface area (Å²) in [6.07, 6.45) is 1.70. The van der Waals surface area contributed by atoms with E-state index in [1.54, 1.807) is 47.6 Å². The van der Waals surface area contributed by atoms with Crippen molar-refractivity contribution in [3.8, 4) is 5.75 Å². The quantitative estimate of drug-likeness (QED) is 0.780. The van der Waals surface area contributed by atoms with E-state index in [9.17, 15) is 14.4 Å². The molecule has 2 amide bonds. The zero-order valence-corrected chi connectivity index (χ0v) is 13.9. The SMILES string of the molecule is O=C(O)COc1ccc(NC(=O)C2CC(=O)N(Cc3ccco3)C2)cc1. The number of carbonyl (C=O) groups is 3. The first-order valence-corrected chi connectivity index (χ1v) is 8.07. The summed E-state index contributed by atoms with van der Waals surface area (Å²) in [7, 11) is 0. The fourth-order valence-corrected chi connectivity index (χ4v) is 2.72. The van der Waals surface area contributed by atoms with Gasteiger partial charge in [-0.15, -0.1) is 0 Å². The molecule has 1 aliphatic heterocycles. The van der Waals surface area contributed by atoms with Crippen LogP contribution in [0.2, 0.25) is 0 Å². The average Bonchev–Trinajstić information content (AvgIpc) is 3.25. The lowest BCUT2D eigenvalue weighted by molar-refractivity contribution is -0.139. The van der Waals surface area contributed by atoms with Gasteiger partial charge in [0.1, 0.15) is 11.5 Å². The number of likely N-dealkylation sites (tertiary alicyclic amines) is 1. The van der Waals surface area contributed by atoms with E-state index < -0.39 is 18.5 Å². The third-order valence-corrected chi connectivity index (χ3v) is 4.00. The van der Waals surface area contributed by atoms with Crippen LogP contribution < -0.4 is 10.1 Å². The van der Waals surface area contributed by atoms with Crippen LogP contribution in [0.25, 0.3) is 0 Å². The van der Waals surface area contributed by atoms with E-state index in [1.807, 2.05) is 0 Å². The highest BCUT2D eigenvalue weighted by Crippen LogP contribution is 2.23. The Bertz CT molecular complexity index is 785. The summed E-state index contributed by atoms with van der Waals surface area (Å²) >= 11 is 0. The Balaban J connectivity index is 1.53. The van der Waals surface area contributed by atoms with E-state index in [2.05, 4.69) is 5.32 Å². The summed E-state index contributed by atoms with van der Waals surface area (Å²) in [6, 6.07) is 9.92. The summed E-state index contributed by atoms with van der Waals surface area (Å²) in [4.78, 5) is 36.5. The molecule has 0 aliphatic carbocycles. The molecule has 1 saturated heterocycles. The monoisotopic (exact) mass is 358 g/mol. The molecule has 26 heavy (non-hydrogen) atoms. The lowest BCUT2D eigenvalue weighted by Crippen LogP contribution is -2.27. The van der Waals surface area contributed by atoms with Gasteiger partial charge in [0.15, 0.2) is 6.61 Å². The topological polar surface area (TPSA) is 109 Å². The molecule has 1 aromatic carbocycles. The molecular formula is C18H18N2O6. The molecule has 1 unspecified atom stereocenters. The van der Waals surface area contributed by atoms with Crippen molar-refractivity contribution in [2.75, 3.05) is 18.5 Å². The molecular weight excluding hydrogens is 340 g/mol. The van der Waals surface area contributed by atoms with Crippen LogP contribution in [0.15, 0.2) is 47.1 Å². The molecule has 1 atom stereocenters. The molecule has 136 valence electrons. The lowest BCUT2D eigenvalue weighted by atomic mass is 10.1. The van der Waals surface area contributed by atoms with Crippen LogP contribution in [-0.2, 0) is 20.9 Å². The second kappa shape index (κ2) is 7.73. The second-order valence-corrected chi connectivity index (χ2v) is 5.95. The Hall–Kier alpha value is -3.29. The number of amides is 2. The Morgan fingerprint density at radius 1 is 1.27 bits per heavy atom. The van der Waals surface area contributed by atoms with Crippen molar-refractivity contribution in [1.82, 2.24) is 4.90 Å². The van der Waals surface area contributed by atoms with Gasteiger partial charge in [0.25, 0.3) is 0 Å². The molecule has 1 aliphatic rings. The number of rotatable bonds is 7. The minimum atomic E-state index is -1.06. The van der Waals surface area contributed by atoms with Crippen LogP contribution >= 0.6 is 0 Å². The van der Waals surface area contributed by atoms with Crippen molar-refractivity contribution < 1.29 is 28.6 Å². The lowest BCUT2D eigenvalue weighted by Gasteiger charge is -2.15. The molecule has 3 rings (SSSR count). The first kappa shape index (κ1) is 17.5. The highest BCUT2D eigenvalue weighted by molar-refractivity contribution is 5.97. The minimum absolute atomic E-state index is 0.0843. The Kier molecular flexibility index (Phi) is 5.21. The Morgan fingerprint density at radius 3 is 2.69 bits per heavy atom. The van der Waals surface area contributed by atoms with Crippen molar-refractivity contribution in [3.63, 3.8) is 0 Å². The van der Waals surface area contributed by atoms with Crippen LogP contribution in [0, 0.1) is 5.92 Å². The molecule has 0 bridgehead atoms. The summed E-state index contributed by atoms with van der Waals surface area (Å²) in [5.74, 6) is -0.742. The van der Waals surface area contributed by atoms with Gasteiger partial charge in [-0.3, -0.25) is 9.59 Å². The first-order valence-electron chi connectivity index (χ1n) is 8.07. The molecule has 8 nitrogen and oxygen atoms in total. The first-order chi connectivity index (χ1) is 12.5. The predicted molar refractivity (Wildman–Crippen MR) is 90.4 cm³/mol. The van der Waals surface area contributed by atoms with E-state index in [-0.39, 0.29) is 18.2 Å². The number of benzene rings is 1. The number of carboxylic acids is 1. The molecule has 2 N–H and O–H groups in total. The van der Waals surface area contributed by atoms with Gasteiger partial charge in [-0.05, 0) is 36.4 Å². The molecule has 1 aromatic heterocycles. The van der Waals surface area contributed by atoms with Gasteiger partial charge in [0, 0.05) is 18.7 Å². The van der Waals surface area contributed by atoms with Crippen LogP contribution in [0.3, 0.4) is 0 Å². The largest absolute Gasteiger partial charge is 0.482 e. The molecule has 0 saturated carbocycles. The van der Waals surface area contributed by atoms with Crippen molar-refractivity contribution in [1.29, 1.82) is 0 Å². The maximum absolute atomic E-state index is 12.4. The minimum Gasteiger partial charge on any atom is -0.482 e. The van der Waals surface area contributed by atoms with Gasteiger partial charge < -0.3 is 24.5 Å². The van der Waals surface area contributed by atoms with Crippen LogP contribution in [0.1, 0.15) is 12.2 Å². The van der Waals surface area contributed by atoms with E-state index in [0.717, 1.165) is 0 Å². The van der Waals surface area contributed by atoms with Crippen molar-refractivity contribution in [2.24, 2.45) is 5.92 Å². The summed E-state index contributed by atoms with van der Waals surface area (Å²) < 4.78 is 10.3. The third-order valence-electron chi connectivity index (χ3n) is 4.00. The number of anilines is 1. The highest BCUT2D eigenvalue weighted by Gasteiger charge is 2.34. The van der Waals surface area contributed by atoms with Crippen molar-refractivity contribution in [3.05, 3.63) is 48.4 Å². The predicted octanol–water partition coefficient (Wildman–Crippen LogP) is 1.73. The standard InChI is InChI=1S/C18H18N2O6/c21-16-8-12(9-20(16)10-15-2-1-7-25-15)18(24)19-13-3-5-14(6-4-13)26-11-17(22)23/h1-7,12H,8-11H2,(H,19,24)(H,22,23). The maximum Gasteiger partial charge on any atom is 0.341 e. The molecule has 0 radical (unpaired) electrons. The molecule has 0 spiro atoms. The van der Waals surface area contributed by atoms with E-state index >= 15 is 0 Å². The zero-order chi connectivity index (χ0) is 18.5. The highest BCUT2D eigenvalue weighted by atomic mass is 16.5. The molecule has 1 fully saturated rings. The van der Waals surface area contributed by atoms with Crippen molar-refractivity contribution >= 4 is 23.5 Å².